The first-order chi connectivity index (χ1) is 12.5. The van der Waals surface area contributed by atoms with Crippen LogP contribution in [-0.2, 0) is 13.5 Å². The summed E-state index contributed by atoms with van der Waals surface area (Å²) in [4.78, 5) is 12.5. The van der Waals surface area contributed by atoms with Crippen molar-refractivity contribution in [3.05, 3.63) is 58.7 Å². The summed E-state index contributed by atoms with van der Waals surface area (Å²) in [6.45, 7) is 0.517. The highest BCUT2D eigenvalue weighted by molar-refractivity contribution is 6.35. The van der Waals surface area contributed by atoms with Gasteiger partial charge >= 0.3 is 0 Å². The van der Waals surface area contributed by atoms with Crippen LogP contribution >= 0.6 is 11.6 Å². The normalized spacial score (nSPS) is 10.8. The number of benzene rings is 2. The van der Waals surface area contributed by atoms with E-state index in [0.717, 1.165) is 16.5 Å². The van der Waals surface area contributed by atoms with Crippen molar-refractivity contribution in [3.63, 3.8) is 0 Å². The highest BCUT2D eigenvalue weighted by atomic mass is 35.5. The van der Waals surface area contributed by atoms with E-state index in [0.29, 0.717) is 35.2 Å². The van der Waals surface area contributed by atoms with Crippen LogP contribution in [0.25, 0.3) is 10.9 Å². The van der Waals surface area contributed by atoms with Gasteiger partial charge in [0.1, 0.15) is 5.69 Å². The number of carbonyl (C=O) groups excluding carboxylic acids is 1. The lowest BCUT2D eigenvalue weighted by atomic mass is 10.1. The van der Waals surface area contributed by atoms with Gasteiger partial charge in [-0.1, -0.05) is 23.7 Å². The molecule has 0 aliphatic carbocycles. The topological polar surface area (TPSA) is 52.5 Å². The van der Waals surface area contributed by atoms with Gasteiger partial charge in [-0.05, 0) is 42.3 Å². The molecule has 0 aliphatic rings. The second-order valence-electron chi connectivity index (χ2n) is 5.96. The number of ether oxygens (including phenoxy) is 2. The fourth-order valence-electron chi connectivity index (χ4n) is 2.99. The van der Waals surface area contributed by atoms with Crippen LogP contribution in [0.3, 0.4) is 0 Å². The van der Waals surface area contributed by atoms with Gasteiger partial charge in [0.25, 0.3) is 5.91 Å². The SMILES string of the molecule is COc1ccc(CCNC(=O)c2cc3c(Cl)cccc3n2C)cc1OC. The van der Waals surface area contributed by atoms with Crippen molar-refractivity contribution in [1.29, 1.82) is 0 Å². The Morgan fingerprint density at radius 3 is 2.58 bits per heavy atom. The maximum absolute atomic E-state index is 12.5. The lowest BCUT2D eigenvalue weighted by molar-refractivity contribution is 0.0946. The summed E-state index contributed by atoms with van der Waals surface area (Å²) in [5.41, 5.74) is 2.57. The molecule has 0 radical (unpaired) electrons. The van der Waals surface area contributed by atoms with E-state index in [1.807, 2.05) is 54.1 Å². The largest absolute Gasteiger partial charge is 0.493 e. The van der Waals surface area contributed by atoms with Crippen molar-refractivity contribution in [2.24, 2.45) is 7.05 Å². The van der Waals surface area contributed by atoms with Gasteiger partial charge in [0.15, 0.2) is 11.5 Å². The van der Waals surface area contributed by atoms with Gasteiger partial charge in [0.2, 0.25) is 0 Å². The number of aryl methyl sites for hydroxylation is 1. The third kappa shape index (κ3) is 3.48. The molecule has 3 aromatic rings. The van der Waals surface area contributed by atoms with E-state index in [2.05, 4.69) is 5.32 Å². The molecule has 26 heavy (non-hydrogen) atoms. The number of hydrogen-bond acceptors (Lipinski definition) is 3. The van der Waals surface area contributed by atoms with E-state index in [1.54, 1.807) is 14.2 Å². The number of amides is 1. The highest BCUT2D eigenvalue weighted by Gasteiger charge is 2.14. The van der Waals surface area contributed by atoms with E-state index in [1.165, 1.54) is 0 Å². The van der Waals surface area contributed by atoms with Gasteiger partial charge in [0, 0.05) is 29.5 Å². The Morgan fingerprint density at radius 1 is 1.12 bits per heavy atom. The van der Waals surface area contributed by atoms with E-state index < -0.39 is 0 Å². The average molecular weight is 373 g/mol. The zero-order valence-corrected chi connectivity index (χ0v) is 15.8. The van der Waals surface area contributed by atoms with Crippen LogP contribution in [-0.4, -0.2) is 31.2 Å². The molecule has 1 N–H and O–H groups in total. The third-order valence-electron chi connectivity index (χ3n) is 4.41. The predicted molar refractivity (Wildman–Crippen MR) is 104 cm³/mol. The first kappa shape index (κ1) is 18.1. The zero-order valence-electron chi connectivity index (χ0n) is 15.0. The smallest absolute Gasteiger partial charge is 0.267 e. The number of rotatable bonds is 6. The summed E-state index contributed by atoms with van der Waals surface area (Å²) in [5.74, 6) is 1.24. The second-order valence-corrected chi connectivity index (χ2v) is 6.36. The molecule has 0 unspecified atom stereocenters. The van der Waals surface area contributed by atoms with Crippen LogP contribution in [0.15, 0.2) is 42.5 Å². The van der Waals surface area contributed by atoms with Crippen LogP contribution in [0, 0.1) is 0 Å². The minimum atomic E-state index is -0.125. The standard InChI is InChI=1S/C20H21ClN2O3/c1-23-16-6-4-5-15(21)14(16)12-17(23)20(24)22-10-9-13-7-8-18(25-2)19(11-13)26-3/h4-8,11-12H,9-10H2,1-3H3,(H,22,24). The molecule has 0 saturated heterocycles. The molecule has 2 aromatic carbocycles. The van der Waals surface area contributed by atoms with Gasteiger partial charge in [-0.15, -0.1) is 0 Å². The first-order valence-corrected chi connectivity index (χ1v) is 8.66. The Balaban J connectivity index is 1.68. The van der Waals surface area contributed by atoms with Crippen molar-refractivity contribution in [2.75, 3.05) is 20.8 Å². The molecule has 1 heterocycles. The van der Waals surface area contributed by atoms with Crippen molar-refractivity contribution in [2.45, 2.75) is 6.42 Å². The number of nitrogens with zero attached hydrogens (tertiary/aromatic N) is 1. The number of halogens is 1. The van der Waals surface area contributed by atoms with Crippen molar-refractivity contribution >= 4 is 28.4 Å². The maximum Gasteiger partial charge on any atom is 0.267 e. The van der Waals surface area contributed by atoms with Crippen molar-refractivity contribution in [1.82, 2.24) is 9.88 Å². The molecule has 6 heteroatoms. The Morgan fingerprint density at radius 2 is 1.88 bits per heavy atom. The number of methoxy groups -OCH3 is 2. The quantitative estimate of drug-likeness (QED) is 0.715. The van der Waals surface area contributed by atoms with E-state index in [-0.39, 0.29) is 5.91 Å². The molecule has 0 aliphatic heterocycles. The Bertz CT molecular complexity index is 950. The van der Waals surface area contributed by atoms with Crippen molar-refractivity contribution < 1.29 is 14.3 Å². The molecule has 136 valence electrons. The maximum atomic E-state index is 12.5. The second kappa shape index (κ2) is 7.70. The van der Waals surface area contributed by atoms with Gasteiger partial charge < -0.3 is 19.4 Å². The molecule has 3 rings (SSSR count). The number of carbonyl (C=O) groups is 1. The van der Waals surface area contributed by atoms with Crippen LogP contribution < -0.4 is 14.8 Å². The number of nitrogens with one attached hydrogen (secondary N) is 1. The minimum absolute atomic E-state index is 0.125. The first-order valence-electron chi connectivity index (χ1n) is 8.28. The highest BCUT2D eigenvalue weighted by Crippen LogP contribution is 2.28. The lowest BCUT2D eigenvalue weighted by Crippen LogP contribution is -2.27. The summed E-state index contributed by atoms with van der Waals surface area (Å²) >= 11 is 6.22. The summed E-state index contributed by atoms with van der Waals surface area (Å²) in [5, 5.41) is 4.48. The van der Waals surface area contributed by atoms with Crippen LogP contribution in [0.1, 0.15) is 16.1 Å². The van der Waals surface area contributed by atoms with Crippen molar-refractivity contribution in [3.8, 4) is 11.5 Å². The van der Waals surface area contributed by atoms with Crippen LogP contribution in [0.4, 0.5) is 0 Å². The van der Waals surface area contributed by atoms with Gasteiger partial charge in [-0.3, -0.25) is 4.79 Å². The predicted octanol–water partition coefficient (Wildman–Crippen LogP) is 3.82. The number of aromatic nitrogens is 1. The summed E-state index contributed by atoms with van der Waals surface area (Å²) in [6.07, 6.45) is 0.691. The van der Waals surface area contributed by atoms with E-state index in [4.69, 9.17) is 21.1 Å². The van der Waals surface area contributed by atoms with Gasteiger partial charge in [0.05, 0.1) is 14.2 Å². The lowest BCUT2D eigenvalue weighted by Gasteiger charge is -2.10. The molecule has 0 bridgehead atoms. The van der Waals surface area contributed by atoms with Gasteiger partial charge in [-0.25, -0.2) is 0 Å². The minimum Gasteiger partial charge on any atom is -0.493 e. The zero-order chi connectivity index (χ0) is 18.7. The molecular formula is C20H21ClN2O3. The van der Waals surface area contributed by atoms with E-state index in [9.17, 15) is 4.79 Å². The molecule has 0 saturated carbocycles. The van der Waals surface area contributed by atoms with E-state index >= 15 is 0 Å². The molecule has 5 nitrogen and oxygen atoms in total. The molecule has 0 spiro atoms. The average Bonchev–Trinajstić information content (AvgIpc) is 3.00. The molecule has 1 amide bonds. The molecule has 0 atom stereocenters. The Kier molecular flexibility index (Phi) is 5.38. The summed E-state index contributed by atoms with van der Waals surface area (Å²) in [6, 6.07) is 13.2. The fraction of sp³-hybridized carbons (Fsp3) is 0.250. The molecule has 0 fully saturated rings. The molecular weight excluding hydrogens is 352 g/mol. The Hall–Kier alpha value is -2.66. The third-order valence-corrected chi connectivity index (χ3v) is 4.74. The molecule has 1 aromatic heterocycles. The summed E-state index contributed by atoms with van der Waals surface area (Å²) in [7, 11) is 5.07. The number of fused-ring (bicyclic) bond motifs is 1. The van der Waals surface area contributed by atoms with Crippen LogP contribution in [0.2, 0.25) is 5.02 Å². The van der Waals surface area contributed by atoms with Gasteiger partial charge in [-0.2, -0.15) is 0 Å². The Labute approximate surface area is 157 Å². The van der Waals surface area contributed by atoms with Crippen LogP contribution in [0.5, 0.6) is 11.5 Å². The monoisotopic (exact) mass is 372 g/mol. The number of hydrogen-bond donors (Lipinski definition) is 1. The summed E-state index contributed by atoms with van der Waals surface area (Å²) < 4.78 is 12.4. The fourth-order valence-corrected chi connectivity index (χ4v) is 3.21.